The predicted molar refractivity (Wildman–Crippen MR) is 108 cm³/mol. The first kappa shape index (κ1) is 18.6. The Labute approximate surface area is 165 Å². The van der Waals surface area contributed by atoms with Crippen molar-refractivity contribution in [2.24, 2.45) is 0 Å². The van der Waals surface area contributed by atoms with Gasteiger partial charge in [-0.1, -0.05) is 36.4 Å². The van der Waals surface area contributed by atoms with Gasteiger partial charge in [0.15, 0.2) is 5.82 Å². The number of aromatic nitrogens is 3. The molecule has 144 valence electrons. The quantitative estimate of drug-likeness (QED) is 0.674. The largest absolute Gasteiger partial charge is 0.241 e. The fourth-order valence-corrected chi connectivity index (χ4v) is 4.99. The fraction of sp³-hybridized carbons (Fsp3) is 0.238. The number of sulfonamides is 1. The lowest BCUT2D eigenvalue weighted by atomic mass is 9.96. The highest BCUT2D eigenvalue weighted by Crippen LogP contribution is 2.34. The van der Waals surface area contributed by atoms with Gasteiger partial charge in [0.05, 0.1) is 10.6 Å². The van der Waals surface area contributed by atoms with Gasteiger partial charge in [-0.2, -0.15) is 5.10 Å². The Balaban J connectivity index is 1.54. The molecule has 0 saturated carbocycles. The topological polar surface area (TPSA) is 76.9 Å². The second-order valence-corrected chi connectivity index (χ2v) is 8.67. The van der Waals surface area contributed by atoms with E-state index in [1.54, 1.807) is 36.5 Å². The molecular formula is C21H22N4O2S. The number of rotatable bonds is 5. The molecular weight excluding hydrogens is 372 g/mol. The molecule has 1 aromatic carbocycles. The van der Waals surface area contributed by atoms with Gasteiger partial charge in [-0.05, 0) is 44.5 Å². The molecule has 0 spiro atoms. The number of nitrogens with one attached hydrogen (secondary N) is 1. The summed E-state index contributed by atoms with van der Waals surface area (Å²) in [5.74, 6) is 0.888. The number of pyridine rings is 1. The number of nitrogens with zero attached hydrogens (tertiary/aromatic N) is 3. The lowest BCUT2D eigenvalue weighted by Crippen LogP contribution is -2.32. The van der Waals surface area contributed by atoms with E-state index in [9.17, 15) is 8.42 Å². The third-order valence-corrected chi connectivity index (χ3v) is 6.53. The second-order valence-electron chi connectivity index (χ2n) is 6.95. The molecule has 0 bridgehead atoms. The number of allylic oxidation sites excluding steroid dienone is 1. The smallest absolute Gasteiger partial charge is 0.237 e. The summed E-state index contributed by atoms with van der Waals surface area (Å²) in [6.07, 6.45) is 6.41. The van der Waals surface area contributed by atoms with Gasteiger partial charge in [0.2, 0.25) is 10.0 Å². The lowest BCUT2D eigenvalue weighted by molar-refractivity contribution is 0.563. The highest BCUT2D eigenvalue weighted by molar-refractivity contribution is 7.89. The van der Waals surface area contributed by atoms with Crippen LogP contribution in [0.2, 0.25) is 0 Å². The van der Waals surface area contributed by atoms with Crippen molar-refractivity contribution in [1.82, 2.24) is 19.5 Å². The minimum atomic E-state index is -3.54. The Morgan fingerprint density at radius 3 is 2.50 bits per heavy atom. The molecule has 0 amide bonds. The Morgan fingerprint density at radius 1 is 1.04 bits per heavy atom. The SMILES string of the molecule is Cc1nn(-c2ccccn2)c(C)c1[C@H]1C=C[C@@H](NS(=O)(=O)c2ccccc2)C1. The van der Waals surface area contributed by atoms with E-state index in [1.807, 2.05) is 42.8 Å². The molecule has 2 aromatic heterocycles. The van der Waals surface area contributed by atoms with Crippen LogP contribution in [0, 0.1) is 13.8 Å². The van der Waals surface area contributed by atoms with Gasteiger partial charge in [-0.15, -0.1) is 0 Å². The highest BCUT2D eigenvalue weighted by atomic mass is 32.2. The van der Waals surface area contributed by atoms with Crippen LogP contribution in [-0.4, -0.2) is 29.2 Å². The van der Waals surface area contributed by atoms with Gasteiger partial charge in [-0.3, -0.25) is 0 Å². The molecule has 3 aromatic rings. The normalized spacial score (nSPS) is 19.2. The molecule has 6 nitrogen and oxygen atoms in total. The molecule has 0 fully saturated rings. The molecule has 0 aliphatic heterocycles. The Bertz CT molecular complexity index is 1110. The van der Waals surface area contributed by atoms with Crippen molar-refractivity contribution in [2.45, 2.75) is 37.1 Å². The van der Waals surface area contributed by atoms with Crippen LogP contribution in [0.5, 0.6) is 0 Å². The molecule has 2 heterocycles. The minimum Gasteiger partial charge on any atom is -0.237 e. The van der Waals surface area contributed by atoms with E-state index < -0.39 is 10.0 Å². The molecule has 28 heavy (non-hydrogen) atoms. The minimum absolute atomic E-state index is 0.112. The number of hydrogen-bond acceptors (Lipinski definition) is 4. The van der Waals surface area contributed by atoms with Crippen molar-refractivity contribution in [3.8, 4) is 5.82 Å². The summed E-state index contributed by atoms with van der Waals surface area (Å²) in [5.41, 5.74) is 3.09. The van der Waals surface area contributed by atoms with E-state index in [-0.39, 0.29) is 16.9 Å². The average molecular weight is 395 g/mol. The lowest BCUT2D eigenvalue weighted by Gasteiger charge is -2.15. The highest BCUT2D eigenvalue weighted by Gasteiger charge is 2.29. The van der Waals surface area contributed by atoms with E-state index in [4.69, 9.17) is 0 Å². The van der Waals surface area contributed by atoms with Crippen LogP contribution < -0.4 is 4.72 Å². The van der Waals surface area contributed by atoms with Crippen LogP contribution in [0.3, 0.4) is 0 Å². The zero-order valence-electron chi connectivity index (χ0n) is 15.8. The molecule has 0 unspecified atom stereocenters. The molecule has 0 saturated heterocycles. The fourth-order valence-electron chi connectivity index (χ4n) is 3.76. The van der Waals surface area contributed by atoms with Crippen LogP contribution in [0.1, 0.15) is 29.3 Å². The first-order valence-corrected chi connectivity index (χ1v) is 10.7. The van der Waals surface area contributed by atoms with Gasteiger partial charge in [-0.25, -0.2) is 22.8 Å². The summed E-state index contributed by atoms with van der Waals surface area (Å²) in [7, 11) is -3.54. The molecule has 4 rings (SSSR count). The molecule has 1 aliphatic rings. The summed E-state index contributed by atoms with van der Waals surface area (Å²) in [4.78, 5) is 4.66. The van der Waals surface area contributed by atoms with Gasteiger partial charge in [0.1, 0.15) is 0 Å². The van der Waals surface area contributed by atoms with Crippen LogP contribution in [0.15, 0.2) is 71.8 Å². The number of benzene rings is 1. The maximum absolute atomic E-state index is 12.6. The van der Waals surface area contributed by atoms with Crippen molar-refractivity contribution < 1.29 is 8.42 Å². The molecule has 0 radical (unpaired) electrons. The van der Waals surface area contributed by atoms with Gasteiger partial charge >= 0.3 is 0 Å². The zero-order valence-corrected chi connectivity index (χ0v) is 16.6. The van der Waals surface area contributed by atoms with Crippen LogP contribution >= 0.6 is 0 Å². The summed E-state index contributed by atoms with van der Waals surface area (Å²) in [5, 5.41) is 4.65. The standard InChI is InChI=1S/C21H22N4O2S/c1-15-21(16(2)25(23-15)20-10-6-7-13-22-20)17-11-12-18(14-17)24-28(26,27)19-8-4-3-5-9-19/h3-13,17-18,24H,14H2,1-2H3/t17-,18+/m0/s1. The molecule has 7 heteroatoms. The molecule has 1 N–H and O–H groups in total. The zero-order chi connectivity index (χ0) is 19.7. The van der Waals surface area contributed by atoms with E-state index in [0.717, 1.165) is 22.8 Å². The Morgan fingerprint density at radius 2 is 1.79 bits per heavy atom. The number of hydrogen-bond donors (Lipinski definition) is 1. The molecule has 2 atom stereocenters. The number of aryl methyl sites for hydroxylation is 1. The summed E-state index contributed by atoms with van der Waals surface area (Å²) in [6.45, 7) is 4.01. The van der Waals surface area contributed by atoms with Gasteiger partial charge in [0.25, 0.3) is 0 Å². The van der Waals surface area contributed by atoms with Crippen LogP contribution in [-0.2, 0) is 10.0 Å². The van der Waals surface area contributed by atoms with Gasteiger partial charge in [0, 0.05) is 29.4 Å². The van der Waals surface area contributed by atoms with Crippen molar-refractivity contribution in [1.29, 1.82) is 0 Å². The molecule has 1 aliphatic carbocycles. The monoisotopic (exact) mass is 394 g/mol. The summed E-state index contributed by atoms with van der Waals surface area (Å²) >= 11 is 0. The van der Waals surface area contributed by atoms with Crippen LogP contribution in [0.25, 0.3) is 5.82 Å². The third kappa shape index (κ3) is 3.50. The predicted octanol–water partition coefficient (Wildman–Crippen LogP) is 3.27. The van der Waals surface area contributed by atoms with Crippen molar-refractivity contribution in [3.05, 3.63) is 83.8 Å². The van der Waals surface area contributed by atoms with Crippen LogP contribution in [0.4, 0.5) is 0 Å². The second kappa shape index (κ2) is 7.33. The Hall–Kier alpha value is -2.77. The summed E-state index contributed by atoms with van der Waals surface area (Å²) < 4.78 is 29.8. The average Bonchev–Trinajstić information content (AvgIpc) is 3.26. The van der Waals surface area contributed by atoms with Crippen molar-refractivity contribution >= 4 is 10.0 Å². The third-order valence-electron chi connectivity index (χ3n) is 5.03. The first-order valence-electron chi connectivity index (χ1n) is 9.19. The maximum atomic E-state index is 12.6. The van der Waals surface area contributed by atoms with Crippen molar-refractivity contribution in [3.63, 3.8) is 0 Å². The summed E-state index contributed by atoms with van der Waals surface area (Å²) in [6, 6.07) is 13.9. The van der Waals surface area contributed by atoms with E-state index in [0.29, 0.717) is 6.42 Å². The first-order chi connectivity index (χ1) is 13.5. The van der Waals surface area contributed by atoms with Gasteiger partial charge < -0.3 is 0 Å². The van der Waals surface area contributed by atoms with E-state index in [2.05, 4.69) is 20.9 Å². The Kier molecular flexibility index (Phi) is 4.87. The van der Waals surface area contributed by atoms with Crippen molar-refractivity contribution in [2.75, 3.05) is 0 Å². The van der Waals surface area contributed by atoms with E-state index >= 15 is 0 Å². The maximum Gasteiger partial charge on any atom is 0.241 e. The van der Waals surface area contributed by atoms with E-state index in [1.165, 1.54) is 0 Å².